The minimum absolute atomic E-state index is 0.104. The van der Waals surface area contributed by atoms with Crippen LogP contribution in [0.1, 0.15) is 245 Å². The standard InChI is InChI=1S/C10H14.12C8H10.C5H6F6.C5H12.C3H6O.C3H8.C2H6O.C2H6/c1-7-5-9(3)10(4)6-8(7)2;12*1-7-5-3-4-6-8(7)2;1-3(2,4(6,7)8)5(9,10)11;1-5(2,3)4;1-3(2)4;2*1-3-2;1-2/h5-6H,1-4H3;12*3-6H,1-2H3;1-2H3;1-4H3;1-2H3;3H2,1-2H3;1-2H3;1-2H3. The van der Waals surface area contributed by atoms with Gasteiger partial charge in [0.15, 0.2) is 5.41 Å². The molecular formula is C126H178F6O2. The highest BCUT2D eigenvalue weighted by Crippen LogP contribution is 2.49. The molecule has 0 spiro atoms. The highest BCUT2D eigenvalue weighted by Gasteiger charge is 2.64. The van der Waals surface area contributed by atoms with Crippen molar-refractivity contribution in [3.63, 3.8) is 0 Å². The first-order valence-corrected chi connectivity index (χ1v) is 46.7. The normalized spacial score (nSPS) is 9.58. The third-order valence-corrected chi connectivity index (χ3v) is 20.6. The van der Waals surface area contributed by atoms with Crippen LogP contribution in [-0.2, 0) is 9.53 Å². The summed E-state index contributed by atoms with van der Waals surface area (Å²) in [5, 5.41) is 0. The lowest BCUT2D eigenvalue weighted by Gasteiger charge is -2.29. The Balaban J connectivity index is -0.000000325. The van der Waals surface area contributed by atoms with E-state index in [0.29, 0.717) is 5.41 Å². The van der Waals surface area contributed by atoms with E-state index in [-0.39, 0.29) is 19.6 Å². The number of alkyl halides is 6. The molecule has 13 rings (SSSR count). The Labute approximate surface area is 816 Å². The van der Waals surface area contributed by atoms with Crippen LogP contribution in [0.15, 0.2) is 303 Å². The van der Waals surface area contributed by atoms with E-state index in [9.17, 15) is 31.1 Å². The summed E-state index contributed by atoms with van der Waals surface area (Å²) in [4.78, 5) is 9.44. The van der Waals surface area contributed by atoms with Gasteiger partial charge in [0.05, 0.1) is 0 Å². The summed E-state index contributed by atoms with van der Waals surface area (Å²) in [5.74, 6) is 0.167. The molecule has 0 aliphatic carbocycles. The minimum Gasteiger partial charge on any atom is -0.388 e. The van der Waals surface area contributed by atoms with Gasteiger partial charge in [-0.15, -0.1) is 0 Å². The molecule has 13 aromatic carbocycles. The molecule has 0 aliphatic rings. The van der Waals surface area contributed by atoms with Gasteiger partial charge in [0.2, 0.25) is 0 Å². The molecule has 0 N–H and O–H groups in total. The van der Waals surface area contributed by atoms with E-state index in [4.69, 9.17) is 0 Å². The summed E-state index contributed by atoms with van der Waals surface area (Å²) in [5.41, 5.74) is 35.3. The molecular weight excluding hydrogens is 1660 g/mol. The smallest absolute Gasteiger partial charge is 0.388 e. The number of ether oxygens (including phenoxy) is 1. The van der Waals surface area contributed by atoms with Crippen molar-refractivity contribution in [3.8, 4) is 0 Å². The molecule has 0 amide bonds. The van der Waals surface area contributed by atoms with Crippen LogP contribution in [0, 0.1) is 205 Å². The summed E-state index contributed by atoms with van der Waals surface area (Å²) in [6.45, 7) is 79.8. The zero-order valence-corrected chi connectivity index (χ0v) is 91.2. The van der Waals surface area contributed by atoms with Gasteiger partial charge in [0.25, 0.3) is 0 Å². The summed E-state index contributed by atoms with van der Waals surface area (Å²) in [6.07, 6.45) is -9.24. The number of hydrogen-bond donors (Lipinski definition) is 0. The molecule has 8 heteroatoms. The fraction of sp³-hybridized carbons (Fsp3) is 0.373. The summed E-state index contributed by atoms with van der Waals surface area (Å²) in [7, 11) is 3.25. The topological polar surface area (TPSA) is 26.3 Å². The molecule has 0 aromatic heterocycles. The zero-order chi connectivity index (χ0) is 105. The third kappa shape index (κ3) is 72.6. The van der Waals surface area contributed by atoms with E-state index in [1.54, 1.807) is 14.2 Å². The van der Waals surface area contributed by atoms with Crippen molar-refractivity contribution >= 4 is 5.78 Å². The zero-order valence-electron chi connectivity index (χ0n) is 91.2. The molecule has 0 bridgehead atoms. The van der Waals surface area contributed by atoms with Crippen molar-refractivity contribution in [2.45, 2.75) is 296 Å². The lowest BCUT2D eigenvalue weighted by Crippen LogP contribution is -2.44. The second-order valence-electron chi connectivity index (χ2n) is 35.7. The SMILES string of the molecule is CC.CC(C)(C(F)(F)F)C(F)(F)F.CC(C)(C)C.CC(C)=O.CCC.COC.Cc1cc(C)c(C)cc1C.Cc1ccccc1C.Cc1ccccc1C.Cc1ccccc1C.Cc1ccccc1C.Cc1ccccc1C.Cc1ccccc1C.Cc1ccccc1C.Cc1ccccc1C.Cc1ccccc1C.Cc1ccccc1C.Cc1ccccc1C.Cc1ccccc1C. The second-order valence-corrected chi connectivity index (χ2v) is 35.7. The molecule has 134 heavy (non-hydrogen) atoms. The molecule has 736 valence electrons. The number of Topliss-reactive ketones (excluding diaryl/α,β-unsaturated/α-hetero) is 1. The van der Waals surface area contributed by atoms with Crippen LogP contribution >= 0.6 is 0 Å². The van der Waals surface area contributed by atoms with Gasteiger partial charge < -0.3 is 9.53 Å². The predicted molar refractivity (Wildman–Crippen MR) is 584 cm³/mol. The second kappa shape index (κ2) is 77.4. The first-order valence-electron chi connectivity index (χ1n) is 46.7. The number of ketones is 1. The van der Waals surface area contributed by atoms with Gasteiger partial charge in [-0.3, -0.25) is 0 Å². The van der Waals surface area contributed by atoms with E-state index < -0.39 is 17.8 Å². The molecule has 0 atom stereocenters. The first kappa shape index (κ1) is 134. The Morgan fingerprint density at radius 3 is 0.284 bits per heavy atom. The first-order chi connectivity index (χ1) is 62.3. The van der Waals surface area contributed by atoms with Crippen LogP contribution in [0.4, 0.5) is 26.3 Å². The van der Waals surface area contributed by atoms with Gasteiger partial charge in [0.1, 0.15) is 5.78 Å². The van der Waals surface area contributed by atoms with E-state index in [0.717, 1.165) is 0 Å². The monoisotopic (exact) mass is 1840 g/mol. The number of carbonyl (C=O) groups is 1. The maximum Gasteiger partial charge on any atom is 0.402 e. The maximum absolute atomic E-state index is 11.6. The van der Waals surface area contributed by atoms with Crippen molar-refractivity contribution in [1.82, 2.24) is 0 Å². The number of carbonyl (C=O) groups excluding carboxylic acids is 1. The Kier molecular flexibility index (Phi) is 77.3. The molecule has 13 aromatic rings. The van der Waals surface area contributed by atoms with Crippen LogP contribution < -0.4 is 0 Å². The van der Waals surface area contributed by atoms with Crippen molar-refractivity contribution in [1.29, 1.82) is 0 Å². The fourth-order valence-electron chi connectivity index (χ4n) is 9.22. The van der Waals surface area contributed by atoms with Crippen molar-refractivity contribution in [3.05, 3.63) is 459 Å². The van der Waals surface area contributed by atoms with E-state index in [2.05, 4.69) is 543 Å². The molecule has 0 aliphatic heterocycles. The van der Waals surface area contributed by atoms with Gasteiger partial charge in [0, 0.05) is 14.2 Å². The molecule has 0 radical (unpaired) electrons. The highest BCUT2D eigenvalue weighted by molar-refractivity contribution is 5.72. The number of halogens is 6. The summed E-state index contributed by atoms with van der Waals surface area (Å²) < 4.78 is 73.9. The Bertz CT molecular complexity index is 3880. The van der Waals surface area contributed by atoms with E-state index in [1.807, 2.05) is 13.8 Å². The maximum atomic E-state index is 11.6. The lowest BCUT2D eigenvalue weighted by molar-refractivity contribution is -0.327. The van der Waals surface area contributed by atoms with Crippen LogP contribution in [-0.4, -0.2) is 32.4 Å². The van der Waals surface area contributed by atoms with Crippen LogP contribution in [0.5, 0.6) is 0 Å². The van der Waals surface area contributed by atoms with Crippen molar-refractivity contribution in [2.75, 3.05) is 14.2 Å². The van der Waals surface area contributed by atoms with Crippen molar-refractivity contribution in [2.24, 2.45) is 10.8 Å². The molecule has 2 nitrogen and oxygen atoms in total. The largest absolute Gasteiger partial charge is 0.402 e. The van der Waals surface area contributed by atoms with E-state index >= 15 is 0 Å². The molecule has 0 heterocycles. The highest BCUT2D eigenvalue weighted by atomic mass is 19.4. The molecule has 0 unspecified atom stereocenters. The van der Waals surface area contributed by atoms with Crippen LogP contribution in [0.3, 0.4) is 0 Å². The Morgan fingerprint density at radius 1 is 0.201 bits per heavy atom. The number of rotatable bonds is 0. The number of methoxy groups -OCH3 is 1. The molecule has 0 saturated carbocycles. The van der Waals surface area contributed by atoms with Crippen LogP contribution in [0.2, 0.25) is 0 Å². The third-order valence-electron chi connectivity index (χ3n) is 20.6. The molecule has 0 saturated heterocycles. The number of hydrogen-bond acceptors (Lipinski definition) is 2. The Hall–Kier alpha value is -10.9. The number of benzene rings is 13. The molecule has 0 fully saturated rings. The predicted octanol–water partition coefficient (Wildman–Crippen LogP) is 39.1. The fourth-order valence-corrected chi connectivity index (χ4v) is 9.22. The minimum atomic E-state index is -5.24. The summed E-state index contributed by atoms with van der Waals surface area (Å²) in [6, 6.07) is 105. The summed E-state index contributed by atoms with van der Waals surface area (Å²) >= 11 is 0. The van der Waals surface area contributed by atoms with Crippen molar-refractivity contribution < 1.29 is 35.9 Å². The van der Waals surface area contributed by atoms with Crippen LogP contribution in [0.25, 0.3) is 0 Å². The van der Waals surface area contributed by atoms with Gasteiger partial charge in [-0.25, -0.2) is 0 Å². The van der Waals surface area contributed by atoms with Gasteiger partial charge in [-0.1, -0.05) is 365 Å². The van der Waals surface area contributed by atoms with Gasteiger partial charge in [-0.2, -0.15) is 26.3 Å². The average molecular weight is 1840 g/mol. The van der Waals surface area contributed by atoms with Gasteiger partial charge >= 0.3 is 12.4 Å². The number of aryl methyl sites for hydroxylation is 28. The quantitative estimate of drug-likeness (QED) is 0.141. The Morgan fingerprint density at radius 2 is 0.254 bits per heavy atom. The van der Waals surface area contributed by atoms with Gasteiger partial charge in [-0.05, 0) is 383 Å². The average Bonchev–Trinajstić information content (AvgIpc) is 0.789. The van der Waals surface area contributed by atoms with E-state index in [1.165, 1.54) is 176 Å². The lowest BCUT2D eigenvalue weighted by atomic mass is 9.92.